The Bertz CT molecular complexity index is 996. The molecule has 0 bridgehead atoms. The van der Waals surface area contributed by atoms with Gasteiger partial charge in [-0.15, -0.1) is 0 Å². The smallest absolute Gasteiger partial charge is 0.251 e. The molecule has 0 saturated carbocycles. The first-order valence-electron chi connectivity index (χ1n) is 8.29. The normalized spacial score (nSPS) is 17.1. The molecule has 26 heavy (non-hydrogen) atoms. The lowest BCUT2D eigenvalue weighted by molar-refractivity contribution is -0.117. The summed E-state index contributed by atoms with van der Waals surface area (Å²) < 4.78 is 14.9. The van der Waals surface area contributed by atoms with Crippen LogP contribution in [-0.4, -0.2) is 34.0 Å². The quantitative estimate of drug-likeness (QED) is 0.786. The molecule has 0 aliphatic carbocycles. The number of rotatable bonds is 3. The van der Waals surface area contributed by atoms with E-state index in [0.29, 0.717) is 17.8 Å². The van der Waals surface area contributed by atoms with E-state index in [1.165, 1.54) is 12.1 Å². The summed E-state index contributed by atoms with van der Waals surface area (Å²) >= 11 is 0. The van der Waals surface area contributed by atoms with Crippen LogP contribution in [0.5, 0.6) is 0 Å². The number of nitrogens with one attached hydrogen (secondary N) is 1. The molecule has 1 aromatic heterocycles. The van der Waals surface area contributed by atoms with Crippen molar-refractivity contribution < 1.29 is 14.0 Å². The van der Waals surface area contributed by atoms with Gasteiger partial charge in [-0.05, 0) is 42.5 Å². The van der Waals surface area contributed by atoms with Gasteiger partial charge < -0.3 is 14.8 Å². The number of halogens is 1. The van der Waals surface area contributed by atoms with E-state index in [-0.39, 0.29) is 30.1 Å². The van der Waals surface area contributed by atoms with Crippen LogP contribution in [0.4, 0.5) is 10.1 Å². The molecule has 1 unspecified atom stereocenters. The van der Waals surface area contributed by atoms with E-state index in [4.69, 9.17) is 0 Å². The summed E-state index contributed by atoms with van der Waals surface area (Å²) in [5.41, 5.74) is 2.82. The van der Waals surface area contributed by atoms with Crippen LogP contribution in [0, 0.1) is 5.82 Å². The van der Waals surface area contributed by atoms with Crippen molar-refractivity contribution in [3.8, 4) is 0 Å². The van der Waals surface area contributed by atoms with Crippen LogP contribution < -0.4 is 10.2 Å². The number of aromatic nitrogens is 2. The predicted molar refractivity (Wildman–Crippen MR) is 95.3 cm³/mol. The van der Waals surface area contributed by atoms with Gasteiger partial charge in [0.15, 0.2) is 0 Å². The molecule has 0 radical (unpaired) electrons. The molecule has 1 aliphatic heterocycles. The second-order valence-corrected chi connectivity index (χ2v) is 6.41. The van der Waals surface area contributed by atoms with Gasteiger partial charge in [-0.1, -0.05) is 0 Å². The maximum atomic E-state index is 13.1. The lowest BCUT2D eigenvalue weighted by atomic mass is 10.1. The average molecular weight is 352 g/mol. The SMILES string of the molecule is Cn1cnc2cc(C(=O)NC3CC(=O)N(c4ccc(F)cc4)C3)ccc21. The van der Waals surface area contributed by atoms with Crippen molar-refractivity contribution in [2.24, 2.45) is 7.05 Å². The minimum absolute atomic E-state index is 0.0953. The highest BCUT2D eigenvalue weighted by Crippen LogP contribution is 2.22. The molecule has 1 fully saturated rings. The van der Waals surface area contributed by atoms with E-state index in [2.05, 4.69) is 10.3 Å². The van der Waals surface area contributed by atoms with Crippen LogP contribution >= 0.6 is 0 Å². The highest BCUT2D eigenvalue weighted by molar-refractivity contribution is 6.00. The number of carbonyl (C=O) groups is 2. The molecule has 132 valence electrons. The summed E-state index contributed by atoms with van der Waals surface area (Å²) in [4.78, 5) is 30.6. The van der Waals surface area contributed by atoms with Gasteiger partial charge in [-0.25, -0.2) is 9.37 Å². The fourth-order valence-electron chi connectivity index (χ4n) is 3.22. The molecule has 2 aromatic carbocycles. The summed E-state index contributed by atoms with van der Waals surface area (Å²) in [6.45, 7) is 0.363. The van der Waals surface area contributed by atoms with Crippen molar-refractivity contribution in [3.05, 3.63) is 60.2 Å². The maximum absolute atomic E-state index is 13.1. The average Bonchev–Trinajstić information content (AvgIpc) is 3.18. The van der Waals surface area contributed by atoms with E-state index >= 15 is 0 Å². The Morgan fingerprint density at radius 1 is 1.23 bits per heavy atom. The van der Waals surface area contributed by atoms with Crippen LogP contribution in [-0.2, 0) is 11.8 Å². The first-order valence-corrected chi connectivity index (χ1v) is 8.29. The zero-order valence-electron chi connectivity index (χ0n) is 14.1. The summed E-state index contributed by atoms with van der Waals surface area (Å²) in [7, 11) is 1.89. The third kappa shape index (κ3) is 2.92. The van der Waals surface area contributed by atoms with Gasteiger partial charge in [-0.3, -0.25) is 9.59 Å². The molecule has 1 N–H and O–H groups in total. The molecule has 6 nitrogen and oxygen atoms in total. The first-order chi connectivity index (χ1) is 12.5. The van der Waals surface area contributed by atoms with Gasteiger partial charge >= 0.3 is 0 Å². The molecular formula is C19H17FN4O2. The summed E-state index contributed by atoms with van der Waals surface area (Å²) in [5.74, 6) is -0.687. The van der Waals surface area contributed by atoms with Crippen LogP contribution in [0.2, 0.25) is 0 Å². The minimum atomic E-state index is -0.352. The van der Waals surface area contributed by atoms with Crippen molar-refractivity contribution in [1.82, 2.24) is 14.9 Å². The van der Waals surface area contributed by atoms with E-state index in [9.17, 15) is 14.0 Å². The number of anilines is 1. The van der Waals surface area contributed by atoms with Crippen molar-refractivity contribution in [2.45, 2.75) is 12.5 Å². The molecule has 1 saturated heterocycles. The van der Waals surface area contributed by atoms with Crippen LogP contribution in [0.25, 0.3) is 11.0 Å². The van der Waals surface area contributed by atoms with Crippen LogP contribution in [0.15, 0.2) is 48.8 Å². The van der Waals surface area contributed by atoms with E-state index in [1.807, 2.05) is 17.7 Å². The predicted octanol–water partition coefficient (Wildman–Crippen LogP) is 2.25. The van der Waals surface area contributed by atoms with Crippen LogP contribution in [0.1, 0.15) is 16.8 Å². The third-order valence-electron chi connectivity index (χ3n) is 4.59. The van der Waals surface area contributed by atoms with Gasteiger partial charge in [0.05, 0.1) is 23.4 Å². The summed E-state index contributed by atoms with van der Waals surface area (Å²) in [6.07, 6.45) is 1.91. The molecular weight excluding hydrogens is 335 g/mol. The second-order valence-electron chi connectivity index (χ2n) is 6.41. The van der Waals surface area contributed by atoms with Gasteiger partial charge in [0, 0.05) is 31.3 Å². The molecule has 3 aromatic rings. The molecule has 0 spiro atoms. The van der Waals surface area contributed by atoms with E-state index < -0.39 is 0 Å². The fraction of sp³-hybridized carbons (Fsp3) is 0.211. The van der Waals surface area contributed by atoms with Crippen molar-refractivity contribution in [1.29, 1.82) is 0 Å². The minimum Gasteiger partial charge on any atom is -0.347 e. The Hall–Kier alpha value is -3.22. The maximum Gasteiger partial charge on any atom is 0.251 e. The number of amides is 2. The Morgan fingerprint density at radius 2 is 2.00 bits per heavy atom. The Labute approximate surface area is 149 Å². The molecule has 7 heteroatoms. The number of hydrogen-bond donors (Lipinski definition) is 1. The van der Waals surface area contributed by atoms with Gasteiger partial charge in [-0.2, -0.15) is 0 Å². The number of aryl methyl sites for hydroxylation is 1. The lowest BCUT2D eigenvalue weighted by Crippen LogP contribution is -2.37. The summed E-state index contributed by atoms with van der Waals surface area (Å²) in [6, 6.07) is 10.8. The van der Waals surface area contributed by atoms with Crippen molar-refractivity contribution >= 4 is 28.5 Å². The largest absolute Gasteiger partial charge is 0.347 e. The number of hydrogen-bond acceptors (Lipinski definition) is 3. The Kier molecular flexibility index (Phi) is 3.91. The van der Waals surface area contributed by atoms with Gasteiger partial charge in [0.1, 0.15) is 5.82 Å². The molecule has 2 heterocycles. The summed E-state index contributed by atoms with van der Waals surface area (Å²) in [5, 5.41) is 2.90. The highest BCUT2D eigenvalue weighted by Gasteiger charge is 2.31. The second kappa shape index (κ2) is 6.25. The Morgan fingerprint density at radius 3 is 2.77 bits per heavy atom. The van der Waals surface area contributed by atoms with Crippen molar-refractivity contribution in [3.63, 3.8) is 0 Å². The number of imidazole rings is 1. The number of nitrogens with zero attached hydrogens (tertiary/aromatic N) is 3. The number of fused-ring (bicyclic) bond motifs is 1. The fourth-order valence-corrected chi connectivity index (χ4v) is 3.22. The monoisotopic (exact) mass is 352 g/mol. The lowest BCUT2D eigenvalue weighted by Gasteiger charge is -2.17. The first kappa shape index (κ1) is 16.3. The highest BCUT2D eigenvalue weighted by atomic mass is 19.1. The van der Waals surface area contributed by atoms with Gasteiger partial charge in [0.2, 0.25) is 5.91 Å². The number of carbonyl (C=O) groups excluding carboxylic acids is 2. The van der Waals surface area contributed by atoms with Gasteiger partial charge in [0.25, 0.3) is 5.91 Å². The zero-order chi connectivity index (χ0) is 18.3. The van der Waals surface area contributed by atoms with Crippen molar-refractivity contribution in [2.75, 3.05) is 11.4 Å². The topological polar surface area (TPSA) is 67.2 Å². The number of benzene rings is 2. The van der Waals surface area contributed by atoms with Crippen LogP contribution in [0.3, 0.4) is 0 Å². The molecule has 2 amide bonds. The standard InChI is InChI=1S/C19H17FN4O2/c1-23-11-21-16-8-12(2-7-17(16)23)19(26)22-14-9-18(25)24(10-14)15-5-3-13(20)4-6-15/h2-8,11,14H,9-10H2,1H3,(H,22,26). The van der Waals surface area contributed by atoms with E-state index in [1.54, 1.807) is 35.5 Å². The molecule has 1 atom stereocenters. The molecule has 1 aliphatic rings. The Balaban J connectivity index is 1.47. The third-order valence-corrected chi connectivity index (χ3v) is 4.59. The zero-order valence-corrected chi connectivity index (χ0v) is 14.1. The molecule has 4 rings (SSSR count). The van der Waals surface area contributed by atoms with E-state index in [0.717, 1.165) is 11.0 Å².